The van der Waals surface area contributed by atoms with Gasteiger partial charge in [-0.2, -0.15) is 0 Å². The molecule has 0 amide bonds. The monoisotopic (exact) mass is 312 g/mol. The summed E-state index contributed by atoms with van der Waals surface area (Å²) in [7, 11) is -1.53. The van der Waals surface area contributed by atoms with Crippen molar-refractivity contribution in [2.75, 3.05) is 0 Å². The molecule has 118 valence electrons. The normalized spacial score (nSPS) is 12.3. The maximum absolute atomic E-state index is 6.01. The first-order valence-electron chi connectivity index (χ1n) is 8.11. The molecule has 22 heavy (non-hydrogen) atoms. The smallest absolute Gasteiger partial charge is 0.242 e. The highest BCUT2D eigenvalue weighted by atomic mass is 28.4. The van der Waals surface area contributed by atoms with E-state index >= 15 is 0 Å². The Kier molecular flexibility index (Phi) is 4.81. The third-order valence-electron chi connectivity index (χ3n) is 4.16. The van der Waals surface area contributed by atoms with E-state index in [1.54, 1.807) is 0 Å². The largest absolute Gasteiger partial charge is 0.544 e. The zero-order valence-corrected chi connectivity index (χ0v) is 15.7. The van der Waals surface area contributed by atoms with Gasteiger partial charge in [-0.25, -0.2) is 0 Å². The zero-order chi connectivity index (χ0) is 16.4. The van der Waals surface area contributed by atoms with Gasteiger partial charge < -0.3 is 4.43 Å². The van der Waals surface area contributed by atoms with Crippen LogP contribution in [0.15, 0.2) is 48.5 Å². The van der Waals surface area contributed by atoms with Crippen LogP contribution >= 0.6 is 0 Å². The number of hydrogen-bond acceptors (Lipinski definition) is 1. The molecule has 1 nitrogen and oxygen atoms in total. The Hall–Kier alpha value is -1.54. The lowest BCUT2D eigenvalue weighted by atomic mass is 9.82. The van der Waals surface area contributed by atoms with Crippen LogP contribution < -0.4 is 4.43 Å². The van der Waals surface area contributed by atoms with Crippen molar-refractivity contribution in [1.29, 1.82) is 0 Å². The summed E-state index contributed by atoms with van der Waals surface area (Å²) in [4.78, 5) is 0. The first-order chi connectivity index (χ1) is 10.2. The lowest BCUT2D eigenvalue weighted by Crippen LogP contribution is -2.29. The minimum atomic E-state index is -1.53. The van der Waals surface area contributed by atoms with E-state index in [2.05, 4.69) is 88.9 Å². The van der Waals surface area contributed by atoms with Crippen LogP contribution in [0.25, 0.3) is 11.1 Å². The summed E-state index contributed by atoms with van der Waals surface area (Å²) in [5, 5.41) is 0. The van der Waals surface area contributed by atoms with Crippen molar-refractivity contribution in [2.45, 2.75) is 52.2 Å². The fraction of sp³-hybridized carbons (Fsp3) is 0.400. The molecule has 0 aliphatic heterocycles. The second-order valence-corrected chi connectivity index (χ2v) is 12.0. The molecule has 0 radical (unpaired) electrons. The molecule has 0 saturated heterocycles. The zero-order valence-electron chi connectivity index (χ0n) is 14.7. The topological polar surface area (TPSA) is 9.23 Å². The second kappa shape index (κ2) is 6.29. The van der Waals surface area contributed by atoms with Crippen molar-refractivity contribution in [3.05, 3.63) is 54.1 Å². The highest BCUT2D eigenvalue weighted by molar-refractivity contribution is 6.70. The van der Waals surface area contributed by atoms with Crippen molar-refractivity contribution in [2.24, 2.45) is 0 Å². The van der Waals surface area contributed by atoms with E-state index in [9.17, 15) is 0 Å². The van der Waals surface area contributed by atoms with Crippen molar-refractivity contribution >= 4 is 8.32 Å². The molecule has 0 spiro atoms. The van der Waals surface area contributed by atoms with Gasteiger partial charge in [0.15, 0.2) is 0 Å². The molecule has 0 aliphatic rings. The summed E-state index contributed by atoms with van der Waals surface area (Å²) in [6, 6.07) is 17.4. The minimum absolute atomic E-state index is 0.244. The van der Waals surface area contributed by atoms with Gasteiger partial charge in [-0.3, -0.25) is 0 Å². The van der Waals surface area contributed by atoms with Crippen molar-refractivity contribution in [3.8, 4) is 16.9 Å². The van der Waals surface area contributed by atoms with E-state index in [1.807, 2.05) is 0 Å². The summed E-state index contributed by atoms with van der Waals surface area (Å²) in [6.45, 7) is 13.4. The number of benzene rings is 2. The molecule has 0 bridgehead atoms. The predicted molar refractivity (Wildman–Crippen MR) is 99.2 cm³/mol. The van der Waals surface area contributed by atoms with Crippen LogP contribution in [0.1, 0.15) is 32.8 Å². The lowest BCUT2D eigenvalue weighted by molar-refractivity contribution is 0.506. The van der Waals surface area contributed by atoms with Gasteiger partial charge in [0.25, 0.3) is 0 Å². The lowest BCUT2D eigenvalue weighted by Gasteiger charge is -2.23. The van der Waals surface area contributed by atoms with E-state index in [1.165, 1.54) is 16.7 Å². The maximum Gasteiger partial charge on any atom is 0.242 e. The van der Waals surface area contributed by atoms with Crippen LogP contribution in [-0.4, -0.2) is 8.32 Å². The van der Waals surface area contributed by atoms with Crippen LogP contribution in [0, 0.1) is 0 Å². The van der Waals surface area contributed by atoms with Gasteiger partial charge in [-0.1, -0.05) is 57.2 Å². The van der Waals surface area contributed by atoms with E-state index in [-0.39, 0.29) is 5.41 Å². The van der Waals surface area contributed by atoms with E-state index in [4.69, 9.17) is 4.43 Å². The highest BCUT2D eigenvalue weighted by Gasteiger charge is 2.18. The molecule has 0 N–H and O–H groups in total. The summed E-state index contributed by atoms with van der Waals surface area (Å²) in [5.74, 6) is 0.978. The molecule has 2 aromatic rings. The molecule has 0 aliphatic carbocycles. The van der Waals surface area contributed by atoms with Crippen LogP contribution in [0.5, 0.6) is 5.75 Å². The number of rotatable bonds is 5. The molecule has 0 heterocycles. The molecule has 0 atom stereocenters. The minimum Gasteiger partial charge on any atom is -0.544 e. The molecule has 2 rings (SSSR count). The van der Waals surface area contributed by atoms with Crippen LogP contribution in [0.3, 0.4) is 0 Å². The Labute approximate surface area is 136 Å². The van der Waals surface area contributed by atoms with Gasteiger partial charge >= 0.3 is 0 Å². The molecule has 2 heteroatoms. The first-order valence-corrected chi connectivity index (χ1v) is 11.5. The SMILES string of the molecule is CCC(C)(C)c1ccc(-c2ccc(O[Si](C)(C)C)cc2)cc1. The maximum atomic E-state index is 6.01. The van der Waals surface area contributed by atoms with Crippen LogP contribution in [-0.2, 0) is 5.41 Å². The molecule has 0 aromatic heterocycles. The Bertz CT molecular complexity index is 604. The van der Waals surface area contributed by atoms with Gasteiger partial charge in [-0.15, -0.1) is 0 Å². The fourth-order valence-electron chi connectivity index (χ4n) is 2.39. The summed E-state index contributed by atoms with van der Waals surface area (Å²) >= 11 is 0. The average molecular weight is 313 g/mol. The molecular formula is C20H28OSi. The first kappa shape index (κ1) is 16.8. The molecule has 0 unspecified atom stereocenters. The van der Waals surface area contributed by atoms with Crippen molar-refractivity contribution < 1.29 is 4.43 Å². The third-order valence-corrected chi connectivity index (χ3v) is 5.01. The van der Waals surface area contributed by atoms with Gasteiger partial charge in [0.05, 0.1) is 0 Å². The van der Waals surface area contributed by atoms with Gasteiger partial charge in [0, 0.05) is 0 Å². The second-order valence-electron chi connectivity index (χ2n) is 7.55. The van der Waals surface area contributed by atoms with Crippen LogP contribution in [0.4, 0.5) is 0 Å². The fourth-order valence-corrected chi connectivity index (χ4v) is 3.23. The highest BCUT2D eigenvalue weighted by Crippen LogP contribution is 2.29. The average Bonchev–Trinajstić information content (AvgIpc) is 2.46. The van der Waals surface area contributed by atoms with E-state index in [0.717, 1.165) is 12.2 Å². The van der Waals surface area contributed by atoms with Crippen molar-refractivity contribution in [1.82, 2.24) is 0 Å². The Morgan fingerprint density at radius 2 is 1.27 bits per heavy atom. The summed E-state index contributed by atoms with van der Waals surface area (Å²) in [6.07, 6.45) is 1.15. The van der Waals surface area contributed by atoms with Gasteiger partial charge in [-0.05, 0) is 60.3 Å². The molecule has 0 fully saturated rings. The van der Waals surface area contributed by atoms with E-state index in [0.29, 0.717) is 0 Å². The molecule has 0 saturated carbocycles. The molecule has 2 aromatic carbocycles. The summed E-state index contributed by atoms with van der Waals surface area (Å²) < 4.78 is 6.01. The summed E-state index contributed by atoms with van der Waals surface area (Å²) in [5.41, 5.74) is 4.14. The van der Waals surface area contributed by atoms with Crippen molar-refractivity contribution in [3.63, 3.8) is 0 Å². The molecular weight excluding hydrogens is 284 g/mol. The Balaban J connectivity index is 2.19. The Morgan fingerprint density at radius 3 is 1.68 bits per heavy atom. The van der Waals surface area contributed by atoms with Gasteiger partial charge in [0.1, 0.15) is 5.75 Å². The van der Waals surface area contributed by atoms with E-state index < -0.39 is 8.32 Å². The predicted octanol–water partition coefficient (Wildman–Crippen LogP) is 6.25. The van der Waals surface area contributed by atoms with Crippen LogP contribution in [0.2, 0.25) is 19.6 Å². The third kappa shape index (κ3) is 4.23. The standard InChI is InChI=1S/C20H28OSi/c1-7-20(2,3)18-12-8-16(9-13-18)17-10-14-19(15-11-17)21-22(4,5)6/h8-15H,7H2,1-6H3. The number of hydrogen-bond donors (Lipinski definition) is 0. The van der Waals surface area contributed by atoms with Gasteiger partial charge in [0.2, 0.25) is 8.32 Å². The quantitative estimate of drug-likeness (QED) is 0.592. The Morgan fingerprint density at radius 1 is 0.818 bits per heavy atom.